The summed E-state index contributed by atoms with van der Waals surface area (Å²) in [6.07, 6.45) is 4.67. The summed E-state index contributed by atoms with van der Waals surface area (Å²) in [5, 5.41) is 8.87. The van der Waals surface area contributed by atoms with E-state index in [0.717, 1.165) is 25.0 Å². The van der Waals surface area contributed by atoms with Crippen molar-refractivity contribution in [3.05, 3.63) is 29.8 Å². The first-order valence-electron chi connectivity index (χ1n) is 6.54. The first kappa shape index (κ1) is 12.9. The second-order valence-electron chi connectivity index (χ2n) is 5.10. The van der Waals surface area contributed by atoms with Gasteiger partial charge >= 0.3 is 5.97 Å². The summed E-state index contributed by atoms with van der Waals surface area (Å²) in [5.41, 5.74) is 1.31. The molecule has 1 N–H and O–H groups in total. The zero-order chi connectivity index (χ0) is 13.0. The van der Waals surface area contributed by atoms with Crippen molar-refractivity contribution in [3.63, 3.8) is 0 Å². The molecular weight excluding hydrogens is 228 g/mol. The average Bonchev–Trinajstić information content (AvgIpc) is 2.38. The highest BCUT2D eigenvalue weighted by molar-refractivity contribution is 5.67. The van der Waals surface area contributed by atoms with Crippen LogP contribution in [0.5, 0.6) is 5.75 Å². The minimum Gasteiger partial charge on any atom is -0.497 e. The van der Waals surface area contributed by atoms with E-state index in [0.29, 0.717) is 18.3 Å². The Balaban J connectivity index is 2.01. The van der Waals surface area contributed by atoms with Gasteiger partial charge in [-0.15, -0.1) is 0 Å². The Labute approximate surface area is 108 Å². The van der Waals surface area contributed by atoms with E-state index in [2.05, 4.69) is 12.1 Å². The van der Waals surface area contributed by atoms with Gasteiger partial charge in [-0.3, -0.25) is 4.79 Å². The number of carbonyl (C=O) groups is 1. The summed E-state index contributed by atoms with van der Waals surface area (Å²) in [7, 11) is 1.67. The van der Waals surface area contributed by atoms with Gasteiger partial charge in [0.1, 0.15) is 5.75 Å². The monoisotopic (exact) mass is 248 g/mol. The molecule has 0 heterocycles. The maximum absolute atomic E-state index is 10.8. The van der Waals surface area contributed by atoms with Crippen LogP contribution in [0.1, 0.15) is 43.6 Å². The fourth-order valence-corrected chi connectivity index (χ4v) is 2.90. The van der Waals surface area contributed by atoms with Crippen LogP contribution in [0, 0.1) is 5.92 Å². The van der Waals surface area contributed by atoms with Crippen molar-refractivity contribution in [3.8, 4) is 5.75 Å². The molecule has 1 fully saturated rings. The van der Waals surface area contributed by atoms with Crippen molar-refractivity contribution in [2.45, 2.75) is 38.0 Å². The van der Waals surface area contributed by atoms with E-state index in [9.17, 15) is 4.79 Å². The van der Waals surface area contributed by atoms with Crippen LogP contribution in [-0.4, -0.2) is 18.2 Å². The molecule has 2 atom stereocenters. The number of hydrogen-bond acceptors (Lipinski definition) is 2. The Bertz CT molecular complexity index is 397. The molecule has 1 aliphatic rings. The van der Waals surface area contributed by atoms with Crippen molar-refractivity contribution in [1.29, 1.82) is 0 Å². The van der Waals surface area contributed by atoms with Gasteiger partial charge in [-0.25, -0.2) is 0 Å². The summed E-state index contributed by atoms with van der Waals surface area (Å²) >= 11 is 0. The molecule has 1 aromatic carbocycles. The van der Waals surface area contributed by atoms with Crippen LogP contribution in [-0.2, 0) is 4.79 Å². The number of ether oxygens (including phenoxy) is 1. The lowest BCUT2D eigenvalue weighted by Gasteiger charge is -2.28. The van der Waals surface area contributed by atoms with Crippen molar-refractivity contribution < 1.29 is 14.6 Å². The topological polar surface area (TPSA) is 46.5 Å². The molecule has 18 heavy (non-hydrogen) atoms. The maximum Gasteiger partial charge on any atom is 0.303 e. The Hall–Kier alpha value is -1.51. The molecule has 0 bridgehead atoms. The van der Waals surface area contributed by atoms with E-state index in [1.165, 1.54) is 12.0 Å². The van der Waals surface area contributed by atoms with Gasteiger partial charge in [0.05, 0.1) is 7.11 Å². The largest absolute Gasteiger partial charge is 0.497 e. The summed E-state index contributed by atoms with van der Waals surface area (Å²) in [6, 6.07) is 8.17. The standard InChI is InChI=1S/C15H20O3/c1-18-14-7-5-12(6-8-14)13-4-2-3-11(9-13)10-15(16)17/h5-8,11,13H,2-4,9-10H2,1H3,(H,16,17)/t11-,13-/m1/s1. The molecule has 98 valence electrons. The van der Waals surface area contributed by atoms with Gasteiger partial charge in [0.15, 0.2) is 0 Å². The van der Waals surface area contributed by atoms with Gasteiger partial charge in [0.2, 0.25) is 0 Å². The maximum atomic E-state index is 10.8. The van der Waals surface area contributed by atoms with Crippen molar-refractivity contribution >= 4 is 5.97 Å². The van der Waals surface area contributed by atoms with Crippen LogP contribution in [0.15, 0.2) is 24.3 Å². The van der Waals surface area contributed by atoms with E-state index in [1.54, 1.807) is 7.11 Å². The third-order valence-electron chi connectivity index (χ3n) is 3.83. The first-order chi connectivity index (χ1) is 8.69. The summed E-state index contributed by atoms with van der Waals surface area (Å²) in [6.45, 7) is 0. The van der Waals surface area contributed by atoms with Gasteiger partial charge < -0.3 is 9.84 Å². The SMILES string of the molecule is COc1ccc([C@@H]2CCC[C@@H](CC(=O)O)C2)cc1. The van der Waals surface area contributed by atoms with Crippen molar-refractivity contribution in [1.82, 2.24) is 0 Å². The molecule has 0 radical (unpaired) electrons. The van der Waals surface area contributed by atoms with E-state index >= 15 is 0 Å². The number of carboxylic acids is 1. The van der Waals surface area contributed by atoms with Gasteiger partial charge in [-0.05, 0) is 48.8 Å². The van der Waals surface area contributed by atoms with Crippen LogP contribution in [0.3, 0.4) is 0 Å². The molecule has 1 saturated carbocycles. The summed E-state index contributed by atoms with van der Waals surface area (Å²) in [5.74, 6) is 1.05. The Morgan fingerprint density at radius 1 is 1.33 bits per heavy atom. The molecule has 1 aromatic rings. The number of aliphatic carboxylic acids is 1. The Morgan fingerprint density at radius 2 is 2.06 bits per heavy atom. The second-order valence-corrected chi connectivity index (χ2v) is 5.10. The normalized spacial score (nSPS) is 23.6. The minimum atomic E-state index is -0.671. The van der Waals surface area contributed by atoms with E-state index < -0.39 is 5.97 Å². The van der Waals surface area contributed by atoms with Crippen LogP contribution in [0.2, 0.25) is 0 Å². The molecule has 0 saturated heterocycles. The lowest BCUT2D eigenvalue weighted by Crippen LogP contribution is -2.17. The van der Waals surface area contributed by atoms with Crippen molar-refractivity contribution in [2.75, 3.05) is 7.11 Å². The highest BCUT2D eigenvalue weighted by Crippen LogP contribution is 2.37. The fraction of sp³-hybridized carbons (Fsp3) is 0.533. The van der Waals surface area contributed by atoms with Crippen LogP contribution < -0.4 is 4.74 Å². The lowest BCUT2D eigenvalue weighted by atomic mass is 9.77. The molecule has 2 rings (SSSR count). The van der Waals surface area contributed by atoms with Gasteiger partial charge in [0.25, 0.3) is 0 Å². The predicted octanol–water partition coefficient (Wildman–Crippen LogP) is 3.44. The third kappa shape index (κ3) is 3.25. The minimum absolute atomic E-state index is 0.312. The molecule has 0 aliphatic heterocycles. The summed E-state index contributed by atoms with van der Waals surface area (Å²) in [4.78, 5) is 10.8. The third-order valence-corrected chi connectivity index (χ3v) is 3.83. The predicted molar refractivity (Wildman–Crippen MR) is 69.9 cm³/mol. The molecule has 0 amide bonds. The highest BCUT2D eigenvalue weighted by Gasteiger charge is 2.24. The van der Waals surface area contributed by atoms with E-state index in [4.69, 9.17) is 9.84 Å². The lowest BCUT2D eigenvalue weighted by molar-refractivity contribution is -0.138. The zero-order valence-corrected chi connectivity index (χ0v) is 10.8. The van der Waals surface area contributed by atoms with Crippen LogP contribution >= 0.6 is 0 Å². The van der Waals surface area contributed by atoms with Crippen LogP contribution in [0.25, 0.3) is 0 Å². The van der Waals surface area contributed by atoms with Crippen LogP contribution in [0.4, 0.5) is 0 Å². The molecule has 3 heteroatoms. The quantitative estimate of drug-likeness (QED) is 0.887. The van der Waals surface area contributed by atoms with E-state index in [-0.39, 0.29) is 0 Å². The average molecular weight is 248 g/mol. The van der Waals surface area contributed by atoms with Crippen molar-refractivity contribution in [2.24, 2.45) is 5.92 Å². The number of carboxylic acid groups (broad SMARTS) is 1. The highest BCUT2D eigenvalue weighted by atomic mass is 16.5. The smallest absolute Gasteiger partial charge is 0.303 e. The Kier molecular flexibility index (Phi) is 4.24. The Morgan fingerprint density at radius 3 is 2.67 bits per heavy atom. The van der Waals surface area contributed by atoms with Gasteiger partial charge in [-0.2, -0.15) is 0 Å². The molecule has 3 nitrogen and oxygen atoms in total. The molecule has 0 spiro atoms. The number of rotatable bonds is 4. The zero-order valence-electron chi connectivity index (χ0n) is 10.8. The number of benzene rings is 1. The second kappa shape index (κ2) is 5.89. The number of methoxy groups -OCH3 is 1. The molecule has 1 aliphatic carbocycles. The van der Waals surface area contributed by atoms with Gasteiger partial charge in [-0.1, -0.05) is 18.6 Å². The molecule has 0 aromatic heterocycles. The summed E-state index contributed by atoms with van der Waals surface area (Å²) < 4.78 is 5.15. The fourth-order valence-electron chi connectivity index (χ4n) is 2.90. The number of hydrogen-bond donors (Lipinski definition) is 1. The van der Waals surface area contributed by atoms with Gasteiger partial charge in [0, 0.05) is 6.42 Å². The first-order valence-corrected chi connectivity index (χ1v) is 6.54. The molecular formula is C15H20O3. The van der Waals surface area contributed by atoms with E-state index in [1.807, 2.05) is 12.1 Å². The molecule has 0 unspecified atom stereocenters.